The molecular formula is C11H12ClFN2. The highest BCUT2D eigenvalue weighted by Crippen LogP contribution is 2.33. The molecule has 0 aliphatic rings. The van der Waals surface area contributed by atoms with Crippen molar-refractivity contribution < 1.29 is 4.39 Å². The Bertz CT molecular complexity index is 511. The van der Waals surface area contributed by atoms with Gasteiger partial charge in [0.05, 0.1) is 11.2 Å². The first kappa shape index (κ1) is 10.4. The van der Waals surface area contributed by atoms with E-state index in [9.17, 15) is 4.39 Å². The number of aromatic amines is 1. The lowest BCUT2D eigenvalue weighted by atomic mass is 9.85. The molecule has 0 saturated carbocycles. The molecule has 1 aromatic heterocycles. The van der Waals surface area contributed by atoms with Crippen molar-refractivity contribution in [1.29, 1.82) is 0 Å². The Hall–Kier alpha value is -1.09. The van der Waals surface area contributed by atoms with Crippen LogP contribution in [0.1, 0.15) is 26.3 Å². The Morgan fingerprint density at radius 2 is 2.07 bits per heavy atom. The second-order valence-electron chi connectivity index (χ2n) is 4.63. The fraction of sp³-hybridized carbons (Fsp3) is 0.364. The predicted molar refractivity (Wildman–Crippen MR) is 59.8 cm³/mol. The topological polar surface area (TPSA) is 28.7 Å². The molecule has 0 aliphatic carbocycles. The van der Waals surface area contributed by atoms with Gasteiger partial charge in [-0.25, -0.2) is 4.39 Å². The van der Waals surface area contributed by atoms with Gasteiger partial charge in [0, 0.05) is 5.39 Å². The van der Waals surface area contributed by atoms with Gasteiger partial charge >= 0.3 is 0 Å². The summed E-state index contributed by atoms with van der Waals surface area (Å²) in [7, 11) is 0. The van der Waals surface area contributed by atoms with Crippen LogP contribution in [0.25, 0.3) is 10.9 Å². The number of H-pyrrole nitrogens is 1. The molecule has 0 bridgehead atoms. The van der Waals surface area contributed by atoms with Gasteiger partial charge in [-0.1, -0.05) is 32.4 Å². The lowest BCUT2D eigenvalue weighted by Crippen LogP contribution is -2.11. The van der Waals surface area contributed by atoms with Crippen molar-refractivity contribution in [2.24, 2.45) is 0 Å². The molecule has 15 heavy (non-hydrogen) atoms. The lowest BCUT2D eigenvalue weighted by molar-refractivity contribution is 0.591. The number of hydrogen-bond donors (Lipinski definition) is 1. The molecule has 1 heterocycles. The maximum atomic E-state index is 13.6. The van der Waals surface area contributed by atoms with Crippen molar-refractivity contribution in [2.75, 3.05) is 0 Å². The van der Waals surface area contributed by atoms with Gasteiger partial charge < -0.3 is 0 Å². The summed E-state index contributed by atoms with van der Waals surface area (Å²) in [4.78, 5) is 0. The van der Waals surface area contributed by atoms with E-state index in [1.807, 2.05) is 0 Å². The number of fused-ring (bicyclic) bond motifs is 1. The largest absolute Gasteiger partial charge is 0.275 e. The molecule has 0 spiro atoms. The number of hydrogen-bond acceptors (Lipinski definition) is 1. The van der Waals surface area contributed by atoms with Crippen LogP contribution >= 0.6 is 11.6 Å². The van der Waals surface area contributed by atoms with Gasteiger partial charge in [-0.3, -0.25) is 5.10 Å². The third-order valence-corrected chi connectivity index (χ3v) is 2.71. The van der Waals surface area contributed by atoms with E-state index in [2.05, 4.69) is 31.0 Å². The summed E-state index contributed by atoms with van der Waals surface area (Å²) in [5.41, 5.74) is 1.30. The summed E-state index contributed by atoms with van der Waals surface area (Å²) < 4.78 is 13.6. The third-order valence-electron chi connectivity index (χ3n) is 2.44. The van der Waals surface area contributed by atoms with Crippen molar-refractivity contribution in [2.45, 2.75) is 26.2 Å². The van der Waals surface area contributed by atoms with Gasteiger partial charge in [0.15, 0.2) is 5.82 Å². The van der Waals surface area contributed by atoms with Gasteiger partial charge in [-0.2, -0.15) is 5.10 Å². The molecule has 0 amide bonds. The fourth-order valence-electron chi connectivity index (χ4n) is 1.67. The number of rotatable bonds is 0. The van der Waals surface area contributed by atoms with Crippen LogP contribution in [0.15, 0.2) is 12.3 Å². The van der Waals surface area contributed by atoms with Crippen LogP contribution in [0, 0.1) is 5.82 Å². The van der Waals surface area contributed by atoms with E-state index in [1.165, 1.54) is 0 Å². The monoisotopic (exact) mass is 226 g/mol. The minimum atomic E-state index is -0.433. The maximum Gasteiger partial charge on any atom is 0.167 e. The molecule has 0 unspecified atom stereocenters. The minimum Gasteiger partial charge on any atom is -0.275 e. The van der Waals surface area contributed by atoms with Gasteiger partial charge in [-0.05, 0) is 17.0 Å². The molecule has 0 aliphatic heterocycles. The molecular weight excluding hydrogens is 215 g/mol. The zero-order chi connectivity index (χ0) is 11.2. The number of nitrogens with zero attached hydrogens (tertiary/aromatic N) is 1. The first-order chi connectivity index (χ1) is 6.91. The predicted octanol–water partition coefficient (Wildman–Crippen LogP) is 3.65. The summed E-state index contributed by atoms with van der Waals surface area (Å²) in [6, 6.07) is 1.68. The summed E-state index contributed by atoms with van der Waals surface area (Å²) in [5.74, 6) is -0.433. The molecule has 1 N–H and O–H groups in total. The number of benzene rings is 1. The number of halogens is 2. The molecule has 0 atom stereocenters. The second kappa shape index (κ2) is 3.20. The van der Waals surface area contributed by atoms with E-state index in [1.54, 1.807) is 12.3 Å². The first-order valence-electron chi connectivity index (χ1n) is 4.73. The van der Waals surface area contributed by atoms with E-state index in [0.29, 0.717) is 5.52 Å². The number of aromatic nitrogens is 2. The first-order valence-corrected chi connectivity index (χ1v) is 5.10. The number of nitrogens with one attached hydrogen (secondary N) is 1. The SMILES string of the molecule is CC(C)(C)c1cc(Cl)c(F)c2[nH]ncc12. The Morgan fingerprint density at radius 1 is 1.40 bits per heavy atom. The van der Waals surface area contributed by atoms with Gasteiger partial charge in [0.25, 0.3) is 0 Å². The molecule has 2 aromatic rings. The highest BCUT2D eigenvalue weighted by atomic mass is 35.5. The van der Waals surface area contributed by atoms with Crippen molar-refractivity contribution in [3.63, 3.8) is 0 Å². The average Bonchev–Trinajstić information content (AvgIpc) is 2.57. The van der Waals surface area contributed by atoms with Crippen molar-refractivity contribution >= 4 is 22.5 Å². The maximum absolute atomic E-state index is 13.6. The van der Waals surface area contributed by atoms with Crippen molar-refractivity contribution in [1.82, 2.24) is 10.2 Å². The molecule has 1 aromatic carbocycles. The van der Waals surface area contributed by atoms with Crippen LogP contribution in [-0.2, 0) is 5.41 Å². The Labute approximate surface area is 92.4 Å². The van der Waals surface area contributed by atoms with Crippen molar-refractivity contribution in [3.8, 4) is 0 Å². The van der Waals surface area contributed by atoms with Crippen LogP contribution in [0.4, 0.5) is 4.39 Å². The van der Waals surface area contributed by atoms with Crippen LogP contribution in [-0.4, -0.2) is 10.2 Å². The van der Waals surface area contributed by atoms with Crippen LogP contribution in [0.5, 0.6) is 0 Å². The fourth-order valence-corrected chi connectivity index (χ4v) is 1.87. The highest BCUT2D eigenvalue weighted by Gasteiger charge is 2.21. The zero-order valence-corrected chi connectivity index (χ0v) is 9.61. The van der Waals surface area contributed by atoms with E-state index in [4.69, 9.17) is 11.6 Å². The summed E-state index contributed by atoms with van der Waals surface area (Å²) in [6.45, 7) is 6.18. The lowest BCUT2D eigenvalue weighted by Gasteiger charge is -2.20. The highest BCUT2D eigenvalue weighted by molar-refractivity contribution is 6.31. The van der Waals surface area contributed by atoms with Crippen LogP contribution < -0.4 is 0 Å². The molecule has 0 saturated heterocycles. The minimum absolute atomic E-state index is 0.0839. The zero-order valence-electron chi connectivity index (χ0n) is 8.86. The average molecular weight is 227 g/mol. The van der Waals surface area contributed by atoms with Gasteiger partial charge in [-0.15, -0.1) is 0 Å². The summed E-state index contributed by atoms with van der Waals surface area (Å²) >= 11 is 5.83. The molecule has 0 fully saturated rings. The molecule has 0 radical (unpaired) electrons. The van der Waals surface area contributed by atoms with Crippen LogP contribution in [0.3, 0.4) is 0 Å². The van der Waals surface area contributed by atoms with E-state index >= 15 is 0 Å². The normalized spacial score (nSPS) is 12.3. The van der Waals surface area contributed by atoms with E-state index < -0.39 is 5.82 Å². The molecule has 2 rings (SSSR count). The van der Waals surface area contributed by atoms with Gasteiger partial charge in [0.2, 0.25) is 0 Å². The standard InChI is InChI=1S/C11H12ClFN2/c1-11(2,3)7-4-8(12)9(13)10-6(7)5-14-15-10/h4-5H,1-3H3,(H,14,15). The van der Waals surface area contributed by atoms with Gasteiger partial charge in [0.1, 0.15) is 5.52 Å². The molecule has 80 valence electrons. The van der Waals surface area contributed by atoms with E-state index in [-0.39, 0.29) is 10.4 Å². The third kappa shape index (κ3) is 1.61. The van der Waals surface area contributed by atoms with E-state index in [0.717, 1.165) is 10.9 Å². The molecule has 2 nitrogen and oxygen atoms in total. The quantitative estimate of drug-likeness (QED) is 0.730. The molecule has 4 heteroatoms. The second-order valence-corrected chi connectivity index (χ2v) is 5.04. The summed E-state index contributed by atoms with van der Waals surface area (Å²) in [5, 5.41) is 7.42. The Kier molecular flexibility index (Phi) is 2.23. The Morgan fingerprint density at radius 3 is 2.67 bits per heavy atom. The summed E-state index contributed by atoms with van der Waals surface area (Å²) in [6.07, 6.45) is 1.63. The van der Waals surface area contributed by atoms with Crippen molar-refractivity contribution in [3.05, 3.63) is 28.7 Å². The van der Waals surface area contributed by atoms with Crippen LogP contribution in [0.2, 0.25) is 5.02 Å². The smallest absolute Gasteiger partial charge is 0.167 e. The Balaban J connectivity index is 2.86.